The molecule has 3 rings (SSSR count). The minimum atomic E-state index is -0.355. The Morgan fingerprint density at radius 3 is 1.70 bits per heavy atom. The minimum Gasteiger partial charge on any atom is -0.453 e. The summed E-state index contributed by atoms with van der Waals surface area (Å²) >= 11 is 0. The molecule has 8 nitrogen and oxygen atoms in total. The van der Waals surface area contributed by atoms with E-state index in [1.54, 1.807) is 24.3 Å². The summed E-state index contributed by atoms with van der Waals surface area (Å²) in [6, 6.07) is 6.47. The van der Waals surface area contributed by atoms with Crippen LogP contribution in [0.5, 0.6) is 0 Å². The van der Waals surface area contributed by atoms with Crippen LogP contribution in [0.15, 0.2) is 33.1 Å². The highest BCUT2D eigenvalue weighted by molar-refractivity contribution is 5.92. The number of rotatable bonds is 0. The first-order valence-electron chi connectivity index (χ1n) is 7.12. The van der Waals surface area contributed by atoms with Gasteiger partial charge in [0.05, 0.1) is 0 Å². The number of hydrogen-bond donors (Lipinski definition) is 2. The van der Waals surface area contributed by atoms with Crippen molar-refractivity contribution in [1.82, 2.24) is 10.6 Å². The van der Waals surface area contributed by atoms with E-state index in [9.17, 15) is 9.59 Å². The van der Waals surface area contributed by atoms with Crippen LogP contribution in [0.25, 0.3) is 0 Å². The Morgan fingerprint density at radius 2 is 1.22 bits per heavy atom. The molecule has 1 aliphatic rings. The molecule has 0 radical (unpaired) electrons. The molecule has 122 valence electrons. The summed E-state index contributed by atoms with van der Waals surface area (Å²) in [4.78, 5) is 23.7. The summed E-state index contributed by atoms with van der Waals surface area (Å²) in [6.45, 7) is 0.958. The van der Waals surface area contributed by atoms with Crippen molar-refractivity contribution in [2.75, 3.05) is 19.9 Å². The van der Waals surface area contributed by atoms with E-state index in [1.807, 2.05) is 0 Å². The predicted octanol–water partition coefficient (Wildman–Crippen LogP) is 1.04. The lowest BCUT2D eigenvalue weighted by Gasteiger charge is -2.04. The number of ether oxygens (including phenoxy) is 2. The van der Waals surface area contributed by atoms with E-state index >= 15 is 0 Å². The van der Waals surface area contributed by atoms with Crippen LogP contribution in [-0.2, 0) is 22.7 Å². The molecule has 3 heterocycles. The van der Waals surface area contributed by atoms with Crippen LogP contribution >= 0.6 is 0 Å². The van der Waals surface area contributed by atoms with Gasteiger partial charge in [0.1, 0.15) is 31.5 Å². The van der Waals surface area contributed by atoms with Crippen molar-refractivity contribution in [3.63, 3.8) is 0 Å². The molecule has 0 saturated carbocycles. The van der Waals surface area contributed by atoms with Crippen molar-refractivity contribution in [2.45, 2.75) is 13.2 Å². The topological polar surface area (TPSA) is 103 Å². The number of fused-ring (bicyclic) bond motifs is 4. The van der Waals surface area contributed by atoms with Gasteiger partial charge in [-0.05, 0) is 24.3 Å². The fourth-order valence-electron chi connectivity index (χ4n) is 2.02. The maximum Gasteiger partial charge on any atom is 0.287 e. The zero-order valence-electron chi connectivity index (χ0n) is 12.3. The molecule has 0 atom stereocenters. The molecule has 4 bridgehead atoms. The average molecular weight is 320 g/mol. The zero-order chi connectivity index (χ0) is 16.1. The monoisotopic (exact) mass is 320 g/mol. The zero-order valence-corrected chi connectivity index (χ0v) is 12.3. The quantitative estimate of drug-likeness (QED) is 0.752. The van der Waals surface area contributed by atoms with E-state index in [0.717, 1.165) is 0 Å². The molecule has 1 aliphatic heterocycles. The molecule has 8 heteroatoms. The molecule has 0 spiro atoms. The van der Waals surface area contributed by atoms with Crippen LogP contribution in [0.2, 0.25) is 0 Å². The van der Waals surface area contributed by atoms with Gasteiger partial charge in [-0.1, -0.05) is 0 Å². The predicted molar refractivity (Wildman–Crippen MR) is 76.5 cm³/mol. The largest absolute Gasteiger partial charge is 0.453 e. The van der Waals surface area contributed by atoms with Crippen LogP contribution in [0.4, 0.5) is 0 Å². The van der Waals surface area contributed by atoms with Gasteiger partial charge >= 0.3 is 0 Å². The van der Waals surface area contributed by atoms with E-state index in [1.165, 1.54) is 0 Å². The second-order valence-corrected chi connectivity index (χ2v) is 4.86. The fourth-order valence-corrected chi connectivity index (χ4v) is 2.02. The van der Waals surface area contributed by atoms with E-state index in [4.69, 9.17) is 18.3 Å². The Labute approximate surface area is 131 Å². The van der Waals surface area contributed by atoms with Crippen molar-refractivity contribution in [3.8, 4) is 0 Å². The van der Waals surface area contributed by atoms with E-state index in [-0.39, 0.29) is 56.4 Å². The van der Waals surface area contributed by atoms with Gasteiger partial charge in [-0.3, -0.25) is 9.59 Å². The third-order valence-corrected chi connectivity index (χ3v) is 3.12. The highest BCUT2D eigenvalue weighted by Gasteiger charge is 2.13. The number of amides is 2. The lowest BCUT2D eigenvalue weighted by atomic mass is 10.4. The van der Waals surface area contributed by atoms with Crippen LogP contribution in [-0.4, -0.2) is 31.7 Å². The average Bonchev–Trinajstić information content (AvgIpc) is 3.19. The smallest absolute Gasteiger partial charge is 0.287 e. The summed E-state index contributed by atoms with van der Waals surface area (Å²) < 4.78 is 21.3. The number of nitrogens with one attached hydrogen (secondary N) is 2. The summed E-state index contributed by atoms with van der Waals surface area (Å²) in [6.07, 6.45) is 0. The molecular formula is C15H16N2O6. The third kappa shape index (κ3) is 3.99. The van der Waals surface area contributed by atoms with Gasteiger partial charge < -0.3 is 28.9 Å². The van der Waals surface area contributed by atoms with Gasteiger partial charge in [0.25, 0.3) is 11.8 Å². The van der Waals surface area contributed by atoms with Gasteiger partial charge in [-0.2, -0.15) is 0 Å². The third-order valence-electron chi connectivity index (χ3n) is 3.12. The fraction of sp³-hybridized carbons (Fsp3) is 0.333. The first-order chi connectivity index (χ1) is 11.2. The molecule has 2 aromatic heterocycles. The van der Waals surface area contributed by atoms with E-state index < -0.39 is 0 Å². The lowest BCUT2D eigenvalue weighted by molar-refractivity contribution is -0.0767. The summed E-state index contributed by atoms with van der Waals surface area (Å²) in [5, 5.41) is 5.30. The lowest BCUT2D eigenvalue weighted by Crippen LogP contribution is -2.34. The number of furan rings is 2. The van der Waals surface area contributed by atoms with Crippen LogP contribution in [0, 0.1) is 0 Å². The second-order valence-electron chi connectivity index (χ2n) is 4.86. The van der Waals surface area contributed by atoms with Crippen LogP contribution in [0.1, 0.15) is 32.6 Å². The van der Waals surface area contributed by atoms with Crippen molar-refractivity contribution in [2.24, 2.45) is 0 Å². The van der Waals surface area contributed by atoms with Gasteiger partial charge in [-0.25, -0.2) is 0 Å². The van der Waals surface area contributed by atoms with Crippen LogP contribution in [0.3, 0.4) is 0 Å². The summed E-state index contributed by atoms with van der Waals surface area (Å²) in [7, 11) is 0. The van der Waals surface area contributed by atoms with E-state index in [2.05, 4.69) is 10.6 Å². The molecule has 2 amide bonds. The molecule has 0 saturated heterocycles. The van der Waals surface area contributed by atoms with Crippen molar-refractivity contribution < 1.29 is 27.9 Å². The Hall–Kier alpha value is -2.58. The van der Waals surface area contributed by atoms with Crippen molar-refractivity contribution in [1.29, 1.82) is 0 Å². The molecule has 0 aromatic carbocycles. The first kappa shape index (κ1) is 15.3. The van der Waals surface area contributed by atoms with Gasteiger partial charge in [0, 0.05) is 13.1 Å². The highest BCUT2D eigenvalue weighted by Crippen LogP contribution is 2.11. The number of carbonyl (C=O) groups excluding carboxylic acids is 2. The normalized spacial score (nSPS) is 17.2. The standard InChI is InChI=1S/C15H16N2O6/c18-14-12-3-1-10(22-12)7-20-9-21-8-11-2-4-13(23-11)15(19)17-6-5-16-14/h1-4H,5-9H2,(H,16,18)(H,17,19). The van der Waals surface area contributed by atoms with Gasteiger partial charge in [0.2, 0.25) is 0 Å². The van der Waals surface area contributed by atoms with Gasteiger partial charge in [-0.15, -0.1) is 0 Å². The Balaban J connectivity index is 1.67. The molecule has 2 N–H and O–H groups in total. The summed E-state index contributed by atoms with van der Waals surface area (Å²) in [5.74, 6) is 0.719. The maximum atomic E-state index is 11.9. The second kappa shape index (κ2) is 7.12. The summed E-state index contributed by atoms with van der Waals surface area (Å²) in [5.41, 5.74) is 0. The first-order valence-corrected chi connectivity index (χ1v) is 7.12. The molecule has 0 fully saturated rings. The molecule has 0 unspecified atom stereocenters. The Morgan fingerprint density at radius 1 is 0.739 bits per heavy atom. The number of hydrogen-bond acceptors (Lipinski definition) is 6. The molecule has 2 aromatic rings. The molecule has 23 heavy (non-hydrogen) atoms. The molecule has 0 aliphatic carbocycles. The maximum absolute atomic E-state index is 11.9. The Bertz CT molecular complexity index is 631. The van der Waals surface area contributed by atoms with Gasteiger partial charge in [0.15, 0.2) is 11.5 Å². The van der Waals surface area contributed by atoms with Crippen LogP contribution < -0.4 is 10.6 Å². The SMILES string of the molecule is O=C1NCCNC(=O)c2ccc(o2)COCOCc2ccc1o2. The van der Waals surface area contributed by atoms with Crippen molar-refractivity contribution in [3.05, 3.63) is 47.3 Å². The molecular weight excluding hydrogens is 304 g/mol. The van der Waals surface area contributed by atoms with E-state index in [0.29, 0.717) is 11.5 Å². The minimum absolute atomic E-state index is 0.0322. The highest BCUT2D eigenvalue weighted by atomic mass is 16.7. The van der Waals surface area contributed by atoms with Crippen molar-refractivity contribution >= 4 is 11.8 Å². The Kier molecular flexibility index (Phi) is 4.74. The number of carbonyl (C=O) groups is 2.